The summed E-state index contributed by atoms with van der Waals surface area (Å²) in [5, 5.41) is 0. The van der Waals surface area contributed by atoms with Crippen LogP contribution in [0.5, 0.6) is 0 Å². The molecule has 1 heterocycles. The molecule has 1 aromatic heterocycles. The molecule has 0 radical (unpaired) electrons. The van der Waals surface area contributed by atoms with Crippen molar-refractivity contribution in [3.63, 3.8) is 0 Å². The number of aryl methyl sites for hydroxylation is 1. The van der Waals surface area contributed by atoms with Crippen LogP contribution in [0.25, 0.3) is 0 Å². The summed E-state index contributed by atoms with van der Waals surface area (Å²) in [5.74, 6) is 0.232. The Kier molecular flexibility index (Phi) is 4.90. The van der Waals surface area contributed by atoms with Crippen molar-refractivity contribution in [3.8, 4) is 0 Å². The predicted molar refractivity (Wildman–Crippen MR) is 94.4 cm³/mol. The average Bonchev–Trinajstić information content (AvgIpc) is 2.85. The molecule has 4 nitrogen and oxygen atoms in total. The number of carbonyl (C=O) groups excluding carboxylic acids is 2. The summed E-state index contributed by atoms with van der Waals surface area (Å²) in [5.41, 5.74) is 6.10. The second kappa shape index (κ2) is 6.27. The molecule has 0 spiro atoms. The minimum Gasteiger partial charge on any atom is -0.273 e. The van der Waals surface area contributed by atoms with Crippen molar-refractivity contribution < 1.29 is 9.59 Å². The lowest BCUT2D eigenvalue weighted by Crippen LogP contribution is -2.46. The van der Waals surface area contributed by atoms with E-state index in [0.29, 0.717) is 16.2 Å². The Bertz CT molecular complexity index is 606. The van der Waals surface area contributed by atoms with Gasteiger partial charge in [0, 0.05) is 10.3 Å². The summed E-state index contributed by atoms with van der Waals surface area (Å²) in [7, 11) is 0. The molecular formula is C18H28N2O2S. The van der Waals surface area contributed by atoms with Crippen molar-refractivity contribution in [2.45, 2.75) is 60.8 Å². The van der Waals surface area contributed by atoms with Crippen molar-refractivity contribution >= 4 is 23.2 Å². The van der Waals surface area contributed by atoms with Crippen LogP contribution in [0.15, 0.2) is 6.07 Å². The van der Waals surface area contributed by atoms with Crippen LogP contribution >= 0.6 is 11.3 Å². The standard InChI is InChI=1S/C18H28N2O2S/c1-17(2,3)12-7-8-13-11(9-12)10-14(23-13)15(21)19-20-16(22)18(4,5)6/h10,12H,7-9H2,1-6H3,(H,19,21)(H,20,22). The van der Waals surface area contributed by atoms with Gasteiger partial charge in [0.25, 0.3) is 5.91 Å². The van der Waals surface area contributed by atoms with Crippen LogP contribution in [0.4, 0.5) is 0 Å². The first-order chi connectivity index (χ1) is 10.5. The largest absolute Gasteiger partial charge is 0.279 e. The van der Waals surface area contributed by atoms with E-state index < -0.39 is 5.41 Å². The fourth-order valence-electron chi connectivity index (χ4n) is 2.74. The van der Waals surface area contributed by atoms with Crippen molar-refractivity contribution in [3.05, 3.63) is 21.4 Å². The molecule has 0 fully saturated rings. The van der Waals surface area contributed by atoms with E-state index in [9.17, 15) is 9.59 Å². The summed E-state index contributed by atoms with van der Waals surface area (Å²) >= 11 is 1.55. The lowest BCUT2D eigenvalue weighted by molar-refractivity contribution is -0.129. The van der Waals surface area contributed by atoms with Gasteiger partial charge < -0.3 is 0 Å². The van der Waals surface area contributed by atoms with E-state index in [4.69, 9.17) is 0 Å². The van der Waals surface area contributed by atoms with E-state index in [1.165, 1.54) is 16.9 Å². The first-order valence-corrected chi connectivity index (χ1v) is 9.02. The van der Waals surface area contributed by atoms with Crippen molar-refractivity contribution in [2.75, 3.05) is 0 Å². The molecule has 1 aromatic rings. The highest BCUT2D eigenvalue weighted by atomic mass is 32.1. The van der Waals surface area contributed by atoms with Gasteiger partial charge in [0.2, 0.25) is 5.91 Å². The summed E-state index contributed by atoms with van der Waals surface area (Å²) in [6.07, 6.45) is 3.26. The highest BCUT2D eigenvalue weighted by Gasteiger charge is 2.30. The first-order valence-electron chi connectivity index (χ1n) is 8.21. The van der Waals surface area contributed by atoms with Crippen LogP contribution in [-0.2, 0) is 17.6 Å². The Labute approximate surface area is 143 Å². The minimum atomic E-state index is -0.526. The van der Waals surface area contributed by atoms with Gasteiger partial charge in [0.15, 0.2) is 0 Å². The molecule has 0 aromatic carbocycles. The number of amides is 2. The fourth-order valence-corrected chi connectivity index (χ4v) is 3.84. The molecule has 0 saturated carbocycles. The lowest BCUT2D eigenvalue weighted by atomic mass is 9.72. The summed E-state index contributed by atoms with van der Waals surface area (Å²) in [6, 6.07) is 2.00. The zero-order valence-electron chi connectivity index (χ0n) is 15.0. The Hall–Kier alpha value is -1.36. The molecule has 1 aliphatic rings. The lowest BCUT2D eigenvalue weighted by Gasteiger charge is -2.33. The molecule has 2 N–H and O–H groups in total. The third-order valence-corrected chi connectivity index (χ3v) is 5.74. The number of hydrazine groups is 1. The number of hydrogen-bond donors (Lipinski definition) is 2. The van der Waals surface area contributed by atoms with Crippen molar-refractivity contribution in [1.29, 1.82) is 0 Å². The minimum absolute atomic E-state index is 0.194. The third kappa shape index (κ3) is 4.34. The normalized spacial score (nSPS) is 18.3. The number of carbonyl (C=O) groups is 2. The van der Waals surface area contributed by atoms with Crippen LogP contribution in [0, 0.1) is 16.7 Å². The van der Waals surface area contributed by atoms with Gasteiger partial charge in [-0.15, -0.1) is 11.3 Å². The Morgan fingerprint density at radius 3 is 2.35 bits per heavy atom. The molecule has 0 aliphatic heterocycles. The molecule has 1 atom stereocenters. The molecule has 1 aliphatic carbocycles. The van der Waals surface area contributed by atoms with E-state index in [-0.39, 0.29) is 11.8 Å². The predicted octanol–water partition coefficient (Wildman–Crippen LogP) is 3.71. The maximum atomic E-state index is 12.3. The SMILES string of the molecule is CC(C)(C)C(=O)NNC(=O)c1cc2c(s1)CCC(C(C)(C)C)C2. The van der Waals surface area contributed by atoms with E-state index in [0.717, 1.165) is 12.8 Å². The van der Waals surface area contributed by atoms with E-state index in [1.807, 2.05) is 26.8 Å². The topological polar surface area (TPSA) is 58.2 Å². The Morgan fingerprint density at radius 1 is 1.13 bits per heavy atom. The zero-order chi connectivity index (χ0) is 17.4. The summed E-state index contributed by atoms with van der Waals surface area (Å²) in [4.78, 5) is 26.1. The van der Waals surface area contributed by atoms with Crippen LogP contribution in [0.1, 0.15) is 68.1 Å². The number of hydrogen-bond acceptors (Lipinski definition) is 3. The molecule has 5 heteroatoms. The quantitative estimate of drug-likeness (QED) is 0.768. The smallest absolute Gasteiger partial charge is 0.273 e. The fraction of sp³-hybridized carbons (Fsp3) is 0.667. The van der Waals surface area contributed by atoms with Gasteiger partial charge >= 0.3 is 0 Å². The molecule has 0 saturated heterocycles. The number of fused-ring (bicyclic) bond motifs is 1. The van der Waals surface area contributed by atoms with Gasteiger partial charge in [0.05, 0.1) is 4.88 Å². The van der Waals surface area contributed by atoms with Crippen LogP contribution < -0.4 is 10.9 Å². The van der Waals surface area contributed by atoms with E-state index in [1.54, 1.807) is 11.3 Å². The zero-order valence-corrected chi connectivity index (χ0v) is 15.8. The van der Waals surface area contributed by atoms with E-state index >= 15 is 0 Å². The molecule has 128 valence electrons. The van der Waals surface area contributed by atoms with Crippen LogP contribution in [-0.4, -0.2) is 11.8 Å². The number of nitrogens with one attached hydrogen (secondary N) is 2. The van der Waals surface area contributed by atoms with Gasteiger partial charge in [-0.3, -0.25) is 20.4 Å². The molecule has 2 amide bonds. The van der Waals surface area contributed by atoms with Crippen LogP contribution in [0.2, 0.25) is 0 Å². The Morgan fingerprint density at radius 2 is 1.78 bits per heavy atom. The molecular weight excluding hydrogens is 308 g/mol. The summed E-state index contributed by atoms with van der Waals surface area (Å²) in [6.45, 7) is 12.3. The number of rotatable bonds is 1. The highest BCUT2D eigenvalue weighted by molar-refractivity contribution is 7.14. The highest BCUT2D eigenvalue weighted by Crippen LogP contribution is 2.40. The first kappa shape index (κ1) is 18.0. The Balaban J connectivity index is 2.02. The molecule has 0 bridgehead atoms. The van der Waals surface area contributed by atoms with E-state index in [2.05, 4.69) is 31.6 Å². The third-order valence-electron chi connectivity index (χ3n) is 4.50. The molecule has 1 unspecified atom stereocenters. The van der Waals surface area contributed by atoms with Gasteiger partial charge in [0.1, 0.15) is 0 Å². The van der Waals surface area contributed by atoms with Crippen LogP contribution in [0.3, 0.4) is 0 Å². The monoisotopic (exact) mass is 336 g/mol. The molecule has 2 rings (SSSR count). The van der Waals surface area contributed by atoms with Gasteiger partial charge in [-0.05, 0) is 42.2 Å². The van der Waals surface area contributed by atoms with Gasteiger partial charge in [-0.25, -0.2) is 0 Å². The maximum absolute atomic E-state index is 12.3. The van der Waals surface area contributed by atoms with Gasteiger partial charge in [-0.2, -0.15) is 0 Å². The number of thiophene rings is 1. The second-order valence-electron chi connectivity index (χ2n) is 8.52. The summed E-state index contributed by atoms with van der Waals surface area (Å²) < 4.78 is 0. The second-order valence-corrected chi connectivity index (χ2v) is 9.66. The van der Waals surface area contributed by atoms with Gasteiger partial charge in [-0.1, -0.05) is 41.5 Å². The molecule has 23 heavy (non-hydrogen) atoms. The maximum Gasteiger partial charge on any atom is 0.279 e. The van der Waals surface area contributed by atoms with Crippen molar-refractivity contribution in [1.82, 2.24) is 10.9 Å². The average molecular weight is 337 g/mol. The van der Waals surface area contributed by atoms with Crippen molar-refractivity contribution in [2.24, 2.45) is 16.7 Å².